The zero-order valence-electron chi connectivity index (χ0n) is 11.2. The van der Waals surface area contributed by atoms with E-state index < -0.39 is 0 Å². The number of ether oxygens (including phenoxy) is 1. The van der Waals surface area contributed by atoms with E-state index in [9.17, 15) is 4.79 Å². The lowest BCUT2D eigenvalue weighted by Crippen LogP contribution is -2.30. The second-order valence-electron chi connectivity index (χ2n) is 4.24. The van der Waals surface area contributed by atoms with E-state index >= 15 is 0 Å². The molecule has 2 rings (SSSR count). The zero-order chi connectivity index (χ0) is 13.8. The molecule has 0 aromatic carbocycles. The van der Waals surface area contributed by atoms with Gasteiger partial charge in [0.1, 0.15) is 28.2 Å². The Labute approximate surface area is 120 Å². The van der Waals surface area contributed by atoms with Gasteiger partial charge in [0.15, 0.2) is 4.90 Å². The molecule has 6 heteroatoms. The van der Waals surface area contributed by atoms with Crippen molar-refractivity contribution in [3.8, 4) is 0 Å². The van der Waals surface area contributed by atoms with Crippen molar-refractivity contribution in [3.05, 3.63) is 10.9 Å². The summed E-state index contributed by atoms with van der Waals surface area (Å²) >= 11 is 1.52. The molecule has 4 nitrogen and oxygen atoms in total. The molecule has 1 aliphatic heterocycles. The van der Waals surface area contributed by atoms with Gasteiger partial charge in [-0.05, 0) is 13.3 Å². The Morgan fingerprint density at radius 2 is 2.37 bits per heavy atom. The molecule has 0 aliphatic carbocycles. The topological polar surface area (TPSA) is 62.2 Å². The first-order valence-electron chi connectivity index (χ1n) is 6.50. The van der Waals surface area contributed by atoms with Gasteiger partial charge >= 0.3 is 5.12 Å². The molecule has 1 aromatic rings. The molecule has 0 amide bonds. The zero-order valence-corrected chi connectivity index (χ0v) is 12.9. The van der Waals surface area contributed by atoms with Crippen LogP contribution in [0.15, 0.2) is 11.0 Å². The van der Waals surface area contributed by atoms with E-state index in [2.05, 4.69) is 12.2 Å². The minimum atomic E-state index is -0.307. The normalized spacial score (nSPS) is 17.8. The van der Waals surface area contributed by atoms with Crippen molar-refractivity contribution in [2.24, 2.45) is 0 Å². The van der Waals surface area contributed by atoms with Crippen LogP contribution in [0.1, 0.15) is 31.6 Å². The Balaban J connectivity index is 2.23. The second-order valence-corrected chi connectivity index (χ2v) is 7.38. The van der Waals surface area contributed by atoms with Gasteiger partial charge in [0.2, 0.25) is 5.90 Å². The number of carbonyl (C=O) groups is 1. The van der Waals surface area contributed by atoms with Crippen LogP contribution in [-0.2, 0) is 20.4 Å². The highest BCUT2D eigenvalue weighted by molar-refractivity contribution is 8.11. The van der Waals surface area contributed by atoms with E-state index in [1.165, 1.54) is 11.3 Å². The molecule has 0 fully saturated rings. The molecule has 1 unspecified atom stereocenters. The standard InChI is InChI=1S/C13H19N2O2S2/c1-3-5-6-19-10-7-9(12(14)17-4-2)18-13(10)15-8-11(19)16/h7,14-15H,3-6,8H2,1-2H3/q+1. The fourth-order valence-corrected chi connectivity index (χ4v) is 5.31. The van der Waals surface area contributed by atoms with Crippen molar-refractivity contribution < 1.29 is 9.53 Å². The van der Waals surface area contributed by atoms with Gasteiger partial charge in [0.05, 0.1) is 11.5 Å². The maximum Gasteiger partial charge on any atom is 0.355 e. The third kappa shape index (κ3) is 3.12. The van der Waals surface area contributed by atoms with Gasteiger partial charge in [-0.1, -0.05) is 13.3 Å². The third-order valence-electron chi connectivity index (χ3n) is 2.85. The summed E-state index contributed by atoms with van der Waals surface area (Å²) in [4.78, 5) is 13.9. The maximum absolute atomic E-state index is 12.0. The highest BCUT2D eigenvalue weighted by Crippen LogP contribution is 2.37. The number of fused-ring (bicyclic) bond motifs is 1. The molecule has 2 N–H and O–H groups in total. The second kappa shape index (κ2) is 6.43. The predicted molar refractivity (Wildman–Crippen MR) is 81.7 cm³/mol. The Kier molecular flexibility index (Phi) is 4.87. The number of hydrogen-bond donors (Lipinski definition) is 2. The van der Waals surface area contributed by atoms with Crippen LogP contribution in [0.4, 0.5) is 5.00 Å². The van der Waals surface area contributed by atoms with Gasteiger partial charge < -0.3 is 10.1 Å². The largest absolute Gasteiger partial charge is 0.477 e. The Morgan fingerprint density at radius 1 is 1.58 bits per heavy atom. The summed E-state index contributed by atoms with van der Waals surface area (Å²) in [5.74, 6) is 1.14. The molecule has 0 spiro atoms. The van der Waals surface area contributed by atoms with Gasteiger partial charge in [0.25, 0.3) is 0 Å². The molecule has 0 radical (unpaired) electrons. The molecular weight excluding hydrogens is 280 g/mol. The van der Waals surface area contributed by atoms with Crippen molar-refractivity contribution in [3.63, 3.8) is 0 Å². The van der Waals surface area contributed by atoms with Crippen LogP contribution >= 0.6 is 11.3 Å². The smallest absolute Gasteiger partial charge is 0.355 e. The van der Waals surface area contributed by atoms with E-state index in [-0.39, 0.29) is 21.9 Å². The van der Waals surface area contributed by atoms with Gasteiger partial charge in [-0.2, -0.15) is 0 Å². The first kappa shape index (κ1) is 14.4. The SMILES string of the molecule is CCCC[S+]1C(=O)CNc2sc(C(=N)OCC)cc21. The first-order chi connectivity index (χ1) is 9.17. The Bertz CT molecular complexity index is 485. The lowest BCUT2D eigenvalue weighted by molar-refractivity contribution is -0.109. The highest BCUT2D eigenvalue weighted by Gasteiger charge is 2.39. The van der Waals surface area contributed by atoms with Crippen LogP contribution in [0, 0.1) is 5.41 Å². The number of anilines is 1. The van der Waals surface area contributed by atoms with Crippen molar-refractivity contribution in [2.45, 2.75) is 31.6 Å². The fraction of sp³-hybridized carbons (Fsp3) is 0.538. The monoisotopic (exact) mass is 299 g/mol. The molecule has 1 aliphatic rings. The van der Waals surface area contributed by atoms with Crippen LogP contribution < -0.4 is 5.32 Å². The van der Waals surface area contributed by atoms with Crippen molar-refractivity contribution in [1.82, 2.24) is 0 Å². The van der Waals surface area contributed by atoms with E-state index in [1.54, 1.807) is 0 Å². The summed E-state index contributed by atoms with van der Waals surface area (Å²) in [6, 6.07) is 1.96. The van der Waals surface area contributed by atoms with Crippen molar-refractivity contribution in [2.75, 3.05) is 24.2 Å². The number of carbonyl (C=O) groups excluding carboxylic acids is 1. The van der Waals surface area contributed by atoms with Gasteiger partial charge in [0, 0.05) is 6.07 Å². The number of nitrogens with one attached hydrogen (secondary N) is 2. The molecule has 1 aromatic heterocycles. The quantitative estimate of drug-likeness (QED) is 0.499. The van der Waals surface area contributed by atoms with E-state index in [0.717, 1.165) is 33.4 Å². The maximum atomic E-state index is 12.0. The lowest BCUT2D eigenvalue weighted by Gasteiger charge is -2.12. The summed E-state index contributed by atoms with van der Waals surface area (Å²) in [6.45, 7) is 4.92. The number of hydrogen-bond acceptors (Lipinski definition) is 5. The minimum Gasteiger partial charge on any atom is -0.477 e. The Hall–Kier alpha value is -1.01. The average molecular weight is 299 g/mol. The summed E-state index contributed by atoms with van der Waals surface area (Å²) < 4.78 is 5.23. The molecular formula is C13H19N2O2S2+. The number of thiophene rings is 1. The lowest BCUT2D eigenvalue weighted by atomic mass is 10.4. The average Bonchev–Trinajstić information content (AvgIpc) is 2.82. The van der Waals surface area contributed by atoms with Gasteiger partial charge in [-0.3, -0.25) is 5.41 Å². The summed E-state index contributed by atoms with van der Waals surface area (Å²) in [5.41, 5.74) is 0. The van der Waals surface area contributed by atoms with Crippen molar-refractivity contribution in [1.29, 1.82) is 5.41 Å². The van der Waals surface area contributed by atoms with Crippen LogP contribution in [0.5, 0.6) is 0 Å². The first-order valence-corrected chi connectivity index (χ1v) is 8.71. The molecule has 19 heavy (non-hydrogen) atoms. The number of rotatable bonds is 5. The van der Waals surface area contributed by atoms with Crippen LogP contribution in [0.25, 0.3) is 0 Å². The minimum absolute atomic E-state index is 0.204. The van der Waals surface area contributed by atoms with Crippen LogP contribution in [0.2, 0.25) is 0 Å². The molecule has 2 heterocycles. The van der Waals surface area contributed by atoms with E-state index in [4.69, 9.17) is 10.1 Å². The molecule has 1 atom stereocenters. The Morgan fingerprint density at radius 3 is 3.05 bits per heavy atom. The van der Waals surface area contributed by atoms with E-state index in [0.29, 0.717) is 13.2 Å². The van der Waals surface area contributed by atoms with E-state index in [1.807, 2.05) is 13.0 Å². The van der Waals surface area contributed by atoms with Gasteiger partial charge in [-0.25, -0.2) is 4.79 Å². The van der Waals surface area contributed by atoms with Crippen LogP contribution in [0.3, 0.4) is 0 Å². The highest BCUT2D eigenvalue weighted by atomic mass is 32.2. The summed E-state index contributed by atoms with van der Waals surface area (Å²) in [6.07, 6.45) is 2.17. The fourth-order valence-electron chi connectivity index (χ4n) is 1.88. The summed E-state index contributed by atoms with van der Waals surface area (Å²) in [7, 11) is -0.307. The molecule has 0 bridgehead atoms. The van der Waals surface area contributed by atoms with Crippen molar-refractivity contribution >= 4 is 38.2 Å². The summed E-state index contributed by atoms with van der Waals surface area (Å²) in [5, 5.41) is 12.3. The van der Waals surface area contributed by atoms with Crippen LogP contribution in [-0.4, -0.2) is 29.9 Å². The molecule has 0 saturated carbocycles. The molecule has 104 valence electrons. The third-order valence-corrected chi connectivity index (χ3v) is 6.31. The molecule has 0 saturated heterocycles. The predicted octanol–water partition coefficient (Wildman–Crippen LogP) is 2.84. The number of unbranched alkanes of at least 4 members (excludes halogenated alkanes) is 1. The van der Waals surface area contributed by atoms with Gasteiger partial charge in [-0.15, -0.1) is 11.3 Å².